The Morgan fingerprint density at radius 3 is 2.48 bits per heavy atom. The van der Waals surface area contributed by atoms with E-state index in [4.69, 9.17) is 22.1 Å². The summed E-state index contributed by atoms with van der Waals surface area (Å²) in [6, 6.07) is 11.6. The fraction of sp³-hybridized carbons (Fsp3) is 0.263. The van der Waals surface area contributed by atoms with Gasteiger partial charge in [-0.3, -0.25) is 0 Å². The van der Waals surface area contributed by atoms with Crippen LogP contribution in [0.2, 0.25) is 0 Å². The Labute approximate surface area is 159 Å². The van der Waals surface area contributed by atoms with Crippen LogP contribution in [0.3, 0.4) is 0 Å². The highest BCUT2D eigenvalue weighted by Crippen LogP contribution is 2.38. The molecule has 1 heterocycles. The number of carbonyl (C=O) groups is 1. The first kappa shape index (κ1) is 19.2. The average Bonchev–Trinajstić information content (AvgIpc) is 2.58. The maximum absolute atomic E-state index is 13.5. The van der Waals surface area contributed by atoms with E-state index >= 15 is 0 Å². The van der Waals surface area contributed by atoms with Gasteiger partial charge in [-0.05, 0) is 30.2 Å². The number of hydrogen-bond acceptors (Lipinski definition) is 3. The molecule has 1 aliphatic heterocycles. The summed E-state index contributed by atoms with van der Waals surface area (Å²) < 4.78 is 45.8. The SMILES string of the molecule is O=C(O)[C@H]1CCN1C(=S)c1ccc(OCc2ccccc2)c(C(F)(F)F)c1. The summed E-state index contributed by atoms with van der Waals surface area (Å²) in [7, 11) is 0. The molecule has 0 spiro atoms. The number of halogens is 3. The van der Waals surface area contributed by atoms with Crippen molar-refractivity contribution in [2.45, 2.75) is 25.2 Å². The predicted octanol–water partition coefficient (Wildman–Crippen LogP) is 4.12. The van der Waals surface area contributed by atoms with Gasteiger partial charge in [0, 0.05) is 12.1 Å². The molecule has 0 radical (unpaired) electrons. The highest BCUT2D eigenvalue weighted by atomic mass is 32.1. The summed E-state index contributed by atoms with van der Waals surface area (Å²) in [5.74, 6) is -1.33. The molecule has 1 N–H and O–H groups in total. The van der Waals surface area contributed by atoms with Gasteiger partial charge < -0.3 is 14.7 Å². The van der Waals surface area contributed by atoms with Crippen molar-refractivity contribution in [3.05, 3.63) is 65.2 Å². The maximum atomic E-state index is 13.5. The third-order valence-electron chi connectivity index (χ3n) is 4.33. The third kappa shape index (κ3) is 4.21. The average molecular weight is 395 g/mol. The summed E-state index contributed by atoms with van der Waals surface area (Å²) in [5, 5.41) is 9.10. The molecule has 1 aliphatic rings. The van der Waals surface area contributed by atoms with Crippen molar-refractivity contribution in [1.82, 2.24) is 4.90 Å². The van der Waals surface area contributed by atoms with Crippen LogP contribution in [0.4, 0.5) is 13.2 Å². The van der Waals surface area contributed by atoms with Crippen molar-refractivity contribution in [3.8, 4) is 5.75 Å². The van der Waals surface area contributed by atoms with Crippen LogP contribution in [-0.2, 0) is 17.6 Å². The van der Waals surface area contributed by atoms with E-state index in [1.54, 1.807) is 30.3 Å². The highest BCUT2D eigenvalue weighted by molar-refractivity contribution is 7.80. The number of hydrogen-bond donors (Lipinski definition) is 1. The predicted molar refractivity (Wildman–Crippen MR) is 96.7 cm³/mol. The molecule has 2 aromatic carbocycles. The van der Waals surface area contributed by atoms with Gasteiger partial charge in [0.15, 0.2) is 0 Å². The van der Waals surface area contributed by atoms with Gasteiger partial charge in [0.25, 0.3) is 0 Å². The smallest absolute Gasteiger partial charge is 0.419 e. The van der Waals surface area contributed by atoms with Crippen LogP contribution in [0.15, 0.2) is 48.5 Å². The molecule has 8 heteroatoms. The summed E-state index contributed by atoms with van der Waals surface area (Å²) >= 11 is 5.21. The number of ether oxygens (including phenoxy) is 1. The van der Waals surface area contributed by atoms with Gasteiger partial charge in [-0.1, -0.05) is 42.5 Å². The molecule has 0 amide bonds. The minimum Gasteiger partial charge on any atom is -0.488 e. The number of alkyl halides is 3. The van der Waals surface area contributed by atoms with Gasteiger partial charge in [0.2, 0.25) is 0 Å². The second-order valence-electron chi connectivity index (χ2n) is 6.12. The van der Waals surface area contributed by atoms with Crippen molar-refractivity contribution in [2.24, 2.45) is 0 Å². The molecule has 0 unspecified atom stereocenters. The summed E-state index contributed by atoms with van der Waals surface area (Å²) in [5.41, 5.74) is -0.0453. The van der Waals surface area contributed by atoms with Crippen molar-refractivity contribution < 1.29 is 27.8 Å². The zero-order chi connectivity index (χ0) is 19.6. The fourth-order valence-corrected chi connectivity index (χ4v) is 3.14. The van der Waals surface area contributed by atoms with Gasteiger partial charge in [-0.25, -0.2) is 4.79 Å². The third-order valence-corrected chi connectivity index (χ3v) is 4.80. The van der Waals surface area contributed by atoms with Crippen molar-refractivity contribution in [3.63, 3.8) is 0 Å². The molecule has 1 atom stereocenters. The molecule has 0 bridgehead atoms. The molecule has 142 valence electrons. The van der Waals surface area contributed by atoms with E-state index in [1.165, 1.54) is 17.0 Å². The topological polar surface area (TPSA) is 49.8 Å². The number of benzene rings is 2. The lowest BCUT2D eigenvalue weighted by atomic mass is 10.0. The van der Waals surface area contributed by atoms with E-state index in [1.807, 2.05) is 0 Å². The Morgan fingerprint density at radius 2 is 1.93 bits per heavy atom. The molecular weight excluding hydrogens is 379 g/mol. The normalized spacial score (nSPS) is 16.6. The minimum absolute atomic E-state index is 0.000919. The fourth-order valence-electron chi connectivity index (χ4n) is 2.80. The zero-order valence-corrected chi connectivity index (χ0v) is 14.9. The Balaban J connectivity index is 1.84. The molecule has 0 saturated carbocycles. The second-order valence-corrected chi connectivity index (χ2v) is 6.51. The number of thiocarbonyl (C=S) groups is 1. The largest absolute Gasteiger partial charge is 0.488 e. The zero-order valence-electron chi connectivity index (χ0n) is 14.1. The van der Waals surface area contributed by atoms with Gasteiger partial charge in [-0.15, -0.1) is 0 Å². The lowest BCUT2D eigenvalue weighted by Gasteiger charge is -2.40. The van der Waals surface area contributed by atoms with E-state index in [0.717, 1.165) is 11.6 Å². The van der Waals surface area contributed by atoms with Crippen LogP contribution in [0, 0.1) is 0 Å². The molecule has 1 fully saturated rings. The lowest BCUT2D eigenvalue weighted by molar-refractivity contribution is -0.145. The van der Waals surface area contributed by atoms with Gasteiger partial charge in [0.1, 0.15) is 23.4 Å². The molecule has 4 nitrogen and oxygen atoms in total. The lowest BCUT2D eigenvalue weighted by Crippen LogP contribution is -2.54. The van der Waals surface area contributed by atoms with Crippen molar-refractivity contribution >= 4 is 23.2 Å². The van der Waals surface area contributed by atoms with Gasteiger partial charge in [0.05, 0.1) is 5.56 Å². The van der Waals surface area contributed by atoms with Crippen LogP contribution in [-0.4, -0.2) is 33.6 Å². The standard InChI is InChI=1S/C19H16F3NO3S/c20-19(21,22)14-10-13(17(27)23-9-8-15(23)18(24)25)6-7-16(14)26-11-12-4-2-1-3-5-12/h1-7,10,15H,8-9,11H2,(H,24,25)/t15-/m1/s1. The van der Waals surface area contributed by atoms with E-state index in [0.29, 0.717) is 13.0 Å². The number of carboxylic acids is 1. The summed E-state index contributed by atoms with van der Waals surface area (Å²) in [4.78, 5) is 12.6. The summed E-state index contributed by atoms with van der Waals surface area (Å²) in [6.45, 7) is 0.407. The maximum Gasteiger partial charge on any atom is 0.419 e. The van der Waals surface area contributed by atoms with Crippen LogP contribution in [0.1, 0.15) is 23.1 Å². The molecule has 1 saturated heterocycles. The second kappa shape index (κ2) is 7.56. The minimum atomic E-state index is -4.63. The molecule has 0 aromatic heterocycles. The number of carboxylic acid groups (broad SMARTS) is 1. The Hall–Kier alpha value is -2.61. The van der Waals surface area contributed by atoms with Crippen LogP contribution >= 0.6 is 12.2 Å². The van der Waals surface area contributed by atoms with Gasteiger partial charge in [-0.2, -0.15) is 13.2 Å². The van der Waals surface area contributed by atoms with E-state index in [2.05, 4.69) is 0 Å². The highest BCUT2D eigenvalue weighted by Gasteiger charge is 2.38. The first-order valence-corrected chi connectivity index (χ1v) is 8.60. The quantitative estimate of drug-likeness (QED) is 0.772. The van der Waals surface area contributed by atoms with Crippen molar-refractivity contribution in [2.75, 3.05) is 6.54 Å². The number of aliphatic carboxylic acids is 1. The van der Waals surface area contributed by atoms with Crippen LogP contribution in [0.5, 0.6) is 5.75 Å². The van der Waals surface area contributed by atoms with E-state index < -0.39 is 23.8 Å². The first-order chi connectivity index (χ1) is 12.8. The van der Waals surface area contributed by atoms with Crippen LogP contribution in [0.25, 0.3) is 0 Å². The Bertz CT molecular complexity index is 855. The molecule has 27 heavy (non-hydrogen) atoms. The molecule has 0 aliphatic carbocycles. The molecular formula is C19H16F3NO3S. The Kier molecular flexibility index (Phi) is 5.36. The van der Waals surface area contributed by atoms with Crippen molar-refractivity contribution in [1.29, 1.82) is 0 Å². The van der Waals surface area contributed by atoms with E-state index in [9.17, 15) is 18.0 Å². The van der Waals surface area contributed by atoms with Gasteiger partial charge >= 0.3 is 12.1 Å². The number of likely N-dealkylation sites (tertiary alicyclic amines) is 1. The van der Waals surface area contributed by atoms with E-state index in [-0.39, 0.29) is 22.9 Å². The molecule has 2 aromatic rings. The summed E-state index contributed by atoms with van der Waals surface area (Å²) in [6.07, 6.45) is -4.21. The first-order valence-electron chi connectivity index (χ1n) is 8.19. The molecule has 3 rings (SSSR count). The van der Waals surface area contributed by atoms with Crippen LogP contribution < -0.4 is 4.74 Å². The monoisotopic (exact) mass is 395 g/mol. The Morgan fingerprint density at radius 1 is 1.22 bits per heavy atom. The number of nitrogens with zero attached hydrogens (tertiary/aromatic N) is 1. The number of rotatable bonds is 5.